The Morgan fingerprint density at radius 3 is 3.17 bits per heavy atom. The van der Waals surface area contributed by atoms with Gasteiger partial charge in [-0.05, 0) is 26.1 Å². The van der Waals surface area contributed by atoms with Crippen molar-refractivity contribution in [2.75, 3.05) is 38.6 Å². The number of hydrogen-bond acceptors (Lipinski definition) is 5. The molecule has 0 aromatic carbocycles. The van der Waals surface area contributed by atoms with E-state index in [1.54, 1.807) is 12.1 Å². The number of aryl methyl sites for hydroxylation is 1. The van der Waals surface area contributed by atoms with Crippen LogP contribution in [-0.2, 0) is 4.74 Å². The van der Waals surface area contributed by atoms with Crippen LogP contribution in [0.4, 0.5) is 5.82 Å². The molecule has 0 spiro atoms. The van der Waals surface area contributed by atoms with Gasteiger partial charge in [-0.3, -0.25) is 0 Å². The highest BCUT2D eigenvalue weighted by Gasteiger charge is 2.17. The summed E-state index contributed by atoms with van der Waals surface area (Å²) >= 11 is 0. The van der Waals surface area contributed by atoms with Crippen LogP contribution >= 0.6 is 0 Å². The monoisotopic (exact) mass is 246 g/mol. The molecular weight excluding hydrogens is 228 g/mol. The summed E-state index contributed by atoms with van der Waals surface area (Å²) in [6.45, 7) is 5.28. The van der Waals surface area contributed by atoms with Crippen molar-refractivity contribution in [1.82, 2.24) is 9.88 Å². The number of likely N-dealkylation sites (N-methyl/N-ethyl adjacent to an activating group) is 1. The number of nitrogens with zero attached hydrogens (tertiary/aromatic N) is 3. The molecule has 0 radical (unpaired) electrons. The van der Waals surface area contributed by atoms with Gasteiger partial charge in [-0.15, -0.1) is 0 Å². The first-order valence-corrected chi connectivity index (χ1v) is 6.10. The van der Waals surface area contributed by atoms with E-state index in [9.17, 15) is 0 Å². The SMILES string of the molecule is Cc1cc(C#N)cc(NCC2CN(C)CCO2)n1. The summed E-state index contributed by atoms with van der Waals surface area (Å²) in [4.78, 5) is 6.60. The number of ether oxygens (including phenoxy) is 1. The molecule has 1 aromatic heterocycles. The fourth-order valence-electron chi connectivity index (χ4n) is 2.03. The zero-order chi connectivity index (χ0) is 13.0. The van der Waals surface area contributed by atoms with E-state index in [-0.39, 0.29) is 6.10 Å². The Morgan fingerprint density at radius 2 is 2.44 bits per heavy atom. The zero-order valence-electron chi connectivity index (χ0n) is 10.8. The smallest absolute Gasteiger partial charge is 0.127 e. The van der Waals surface area contributed by atoms with Crippen molar-refractivity contribution < 1.29 is 4.74 Å². The lowest BCUT2D eigenvalue weighted by Crippen LogP contribution is -2.43. The van der Waals surface area contributed by atoms with E-state index in [0.29, 0.717) is 12.1 Å². The summed E-state index contributed by atoms with van der Waals surface area (Å²) in [6, 6.07) is 5.67. The van der Waals surface area contributed by atoms with Crippen LogP contribution in [0, 0.1) is 18.3 Å². The van der Waals surface area contributed by atoms with Gasteiger partial charge in [0.25, 0.3) is 0 Å². The van der Waals surface area contributed by atoms with Gasteiger partial charge in [-0.2, -0.15) is 5.26 Å². The molecule has 2 rings (SSSR count). The molecule has 1 atom stereocenters. The molecule has 96 valence electrons. The van der Waals surface area contributed by atoms with Crippen molar-refractivity contribution in [1.29, 1.82) is 5.26 Å². The Kier molecular flexibility index (Phi) is 4.13. The second kappa shape index (κ2) is 5.80. The molecule has 0 bridgehead atoms. The number of pyridine rings is 1. The number of morpholine rings is 1. The molecule has 1 saturated heterocycles. The predicted molar refractivity (Wildman–Crippen MR) is 69.4 cm³/mol. The van der Waals surface area contributed by atoms with Crippen LogP contribution in [0.3, 0.4) is 0 Å². The molecular formula is C13H18N4O. The fourth-order valence-corrected chi connectivity index (χ4v) is 2.03. The van der Waals surface area contributed by atoms with Crippen LogP contribution < -0.4 is 5.32 Å². The van der Waals surface area contributed by atoms with E-state index in [1.165, 1.54) is 0 Å². The molecule has 1 aromatic rings. The van der Waals surface area contributed by atoms with E-state index in [4.69, 9.17) is 10.00 Å². The van der Waals surface area contributed by atoms with Gasteiger partial charge >= 0.3 is 0 Å². The molecule has 0 amide bonds. The van der Waals surface area contributed by atoms with Crippen LogP contribution in [0.25, 0.3) is 0 Å². The van der Waals surface area contributed by atoms with Gasteiger partial charge in [-0.25, -0.2) is 4.98 Å². The van der Waals surface area contributed by atoms with Crippen molar-refractivity contribution in [3.63, 3.8) is 0 Å². The lowest BCUT2D eigenvalue weighted by atomic mass is 10.2. The van der Waals surface area contributed by atoms with E-state index < -0.39 is 0 Å². The van der Waals surface area contributed by atoms with Crippen molar-refractivity contribution >= 4 is 5.82 Å². The maximum Gasteiger partial charge on any atom is 0.127 e. The maximum atomic E-state index is 8.90. The molecule has 1 unspecified atom stereocenters. The Morgan fingerprint density at radius 1 is 1.61 bits per heavy atom. The molecule has 0 aliphatic carbocycles. The second-order valence-corrected chi connectivity index (χ2v) is 4.63. The van der Waals surface area contributed by atoms with Gasteiger partial charge in [0.05, 0.1) is 24.3 Å². The molecule has 1 aliphatic rings. The highest BCUT2D eigenvalue weighted by Crippen LogP contribution is 2.10. The summed E-state index contributed by atoms with van der Waals surface area (Å²) in [5.41, 5.74) is 1.48. The summed E-state index contributed by atoms with van der Waals surface area (Å²) in [5.74, 6) is 0.739. The van der Waals surface area contributed by atoms with Gasteiger partial charge < -0.3 is 15.0 Å². The standard InChI is InChI=1S/C13H18N4O/c1-10-5-11(7-14)6-13(16-10)15-8-12-9-17(2)3-4-18-12/h5-6,12H,3-4,8-9H2,1-2H3,(H,15,16). The van der Waals surface area contributed by atoms with Crippen molar-refractivity contribution in [2.45, 2.75) is 13.0 Å². The molecule has 18 heavy (non-hydrogen) atoms. The topological polar surface area (TPSA) is 61.2 Å². The predicted octanol–water partition coefficient (Wildman–Crippen LogP) is 1.00. The normalized spacial score (nSPS) is 20.4. The van der Waals surface area contributed by atoms with Crippen molar-refractivity contribution in [3.8, 4) is 6.07 Å². The summed E-state index contributed by atoms with van der Waals surface area (Å²) in [5, 5.41) is 12.1. The largest absolute Gasteiger partial charge is 0.374 e. The van der Waals surface area contributed by atoms with Crippen LogP contribution in [0.1, 0.15) is 11.3 Å². The average molecular weight is 246 g/mol. The first kappa shape index (κ1) is 12.8. The number of rotatable bonds is 3. The molecule has 5 heteroatoms. The van der Waals surface area contributed by atoms with E-state index in [0.717, 1.165) is 31.2 Å². The van der Waals surface area contributed by atoms with E-state index >= 15 is 0 Å². The Balaban J connectivity index is 1.93. The summed E-state index contributed by atoms with van der Waals surface area (Å²) in [6.07, 6.45) is 0.177. The first-order valence-electron chi connectivity index (χ1n) is 6.10. The fraction of sp³-hybridized carbons (Fsp3) is 0.538. The number of hydrogen-bond donors (Lipinski definition) is 1. The van der Waals surface area contributed by atoms with Gasteiger partial charge in [0.15, 0.2) is 0 Å². The molecule has 5 nitrogen and oxygen atoms in total. The van der Waals surface area contributed by atoms with Crippen LogP contribution in [0.2, 0.25) is 0 Å². The third-order valence-electron chi connectivity index (χ3n) is 2.94. The maximum absolute atomic E-state index is 8.90. The van der Waals surface area contributed by atoms with Crippen LogP contribution in [0.15, 0.2) is 12.1 Å². The van der Waals surface area contributed by atoms with Crippen molar-refractivity contribution in [2.24, 2.45) is 0 Å². The summed E-state index contributed by atoms with van der Waals surface area (Å²) < 4.78 is 5.66. The number of anilines is 1. The Labute approximate surface area is 107 Å². The quantitative estimate of drug-likeness (QED) is 0.862. The van der Waals surface area contributed by atoms with Gasteiger partial charge in [0, 0.05) is 25.3 Å². The molecule has 1 N–H and O–H groups in total. The van der Waals surface area contributed by atoms with E-state index in [1.807, 2.05) is 6.92 Å². The minimum atomic E-state index is 0.177. The average Bonchev–Trinajstić information content (AvgIpc) is 2.36. The summed E-state index contributed by atoms with van der Waals surface area (Å²) in [7, 11) is 2.09. The lowest BCUT2D eigenvalue weighted by molar-refractivity contribution is -0.0117. The zero-order valence-corrected chi connectivity index (χ0v) is 10.8. The number of nitrogens with one attached hydrogen (secondary N) is 1. The third-order valence-corrected chi connectivity index (χ3v) is 2.94. The molecule has 1 fully saturated rings. The van der Waals surface area contributed by atoms with Crippen LogP contribution in [-0.4, -0.2) is 49.3 Å². The highest BCUT2D eigenvalue weighted by atomic mass is 16.5. The van der Waals surface area contributed by atoms with Gasteiger partial charge in [0.1, 0.15) is 5.82 Å². The minimum Gasteiger partial charge on any atom is -0.374 e. The van der Waals surface area contributed by atoms with Crippen molar-refractivity contribution in [3.05, 3.63) is 23.4 Å². The molecule has 2 heterocycles. The molecule has 1 aliphatic heterocycles. The van der Waals surface area contributed by atoms with Gasteiger partial charge in [0.2, 0.25) is 0 Å². The Hall–Kier alpha value is -1.64. The Bertz CT molecular complexity index is 455. The second-order valence-electron chi connectivity index (χ2n) is 4.63. The first-order chi connectivity index (χ1) is 8.67. The highest BCUT2D eigenvalue weighted by molar-refractivity contribution is 5.44. The lowest BCUT2D eigenvalue weighted by Gasteiger charge is -2.30. The minimum absolute atomic E-state index is 0.177. The van der Waals surface area contributed by atoms with Crippen LogP contribution in [0.5, 0.6) is 0 Å². The molecule has 0 saturated carbocycles. The number of aromatic nitrogens is 1. The third kappa shape index (κ3) is 3.42. The van der Waals surface area contributed by atoms with E-state index in [2.05, 4.69) is 28.3 Å². The number of nitriles is 1. The van der Waals surface area contributed by atoms with Gasteiger partial charge in [-0.1, -0.05) is 0 Å².